The standard InChI is InChI=1S/C23H23FN2O2/c1-17-11-13-19(14-12-17)26-23(27)22(18-7-3-2-4-8-18)25-15-16-28-21-10-6-5-9-20(21)24/h2-14,22,25H,15-16H2,1H3,(H,26,27)/t22-/m0/s1. The smallest absolute Gasteiger partial charge is 0.246 e. The molecule has 0 spiro atoms. The van der Waals surface area contributed by atoms with E-state index in [9.17, 15) is 9.18 Å². The molecule has 3 aromatic carbocycles. The van der Waals surface area contributed by atoms with Crippen LogP contribution in [-0.4, -0.2) is 19.1 Å². The molecule has 0 radical (unpaired) electrons. The lowest BCUT2D eigenvalue weighted by Gasteiger charge is -2.19. The Bertz CT molecular complexity index is 898. The topological polar surface area (TPSA) is 50.4 Å². The Morgan fingerprint density at radius 1 is 0.964 bits per heavy atom. The number of benzene rings is 3. The fraction of sp³-hybridized carbons (Fsp3) is 0.174. The Labute approximate surface area is 164 Å². The minimum Gasteiger partial charge on any atom is -0.489 e. The van der Waals surface area contributed by atoms with E-state index in [4.69, 9.17) is 4.74 Å². The Kier molecular flexibility index (Phi) is 6.76. The number of aryl methyl sites for hydroxylation is 1. The van der Waals surface area contributed by atoms with Crippen molar-refractivity contribution in [1.82, 2.24) is 5.32 Å². The van der Waals surface area contributed by atoms with Gasteiger partial charge in [0, 0.05) is 12.2 Å². The third-order valence-corrected chi connectivity index (χ3v) is 4.26. The van der Waals surface area contributed by atoms with Crippen molar-refractivity contribution in [3.63, 3.8) is 0 Å². The molecule has 144 valence electrons. The van der Waals surface area contributed by atoms with E-state index in [1.54, 1.807) is 18.2 Å². The zero-order valence-corrected chi connectivity index (χ0v) is 15.7. The number of hydrogen-bond donors (Lipinski definition) is 2. The highest BCUT2D eigenvalue weighted by Gasteiger charge is 2.20. The minimum atomic E-state index is -0.549. The molecule has 1 atom stereocenters. The van der Waals surface area contributed by atoms with Crippen LogP contribution in [0.4, 0.5) is 10.1 Å². The minimum absolute atomic E-state index is 0.166. The summed E-state index contributed by atoms with van der Waals surface area (Å²) >= 11 is 0. The normalized spacial score (nSPS) is 11.6. The highest BCUT2D eigenvalue weighted by Crippen LogP contribution is 2.17. The molecule has 2 N–H and O–H groups in total. The van der Waals surface area contributed by atoms with E-state index < -0.39 is 11.9 Å². The number of ether oxygens (including phenoxy) is 1. The molecule has 28 heavy (non-hydrogen) atoms. The van der Waals surface area contributed by atoms with Crippen LogP contribution in [-0.2, 0) is 4.79 Å². The summed E-state index contributed by atoms with van der Waals surface area (Å²) < 4.78 is 19.1. The molecule has 0 unspecified atom stereocenters. The van der Waals surface area contributed by atoms with E-state index in [-0.39, 0.29) is 18.3 Å². The van der Waals surface area contributed by atoms with Crippen molar-refractivity contribution >= 4 is 11.6 Å². The van der Waals surface area contributed by atoms with E-state index in [0.717, 1.165) is 16.8 Å². The number of nitrogens with one attached hydrogen (secondary N) is 2. The molecule has 0 bridgehead atoms. The molecular formula is C23H23FN2O2. The van der Waals surface area contributed by atoms with Gasteiger partial charge in [0.25, 0.3) is 0 Å². The summed E-state index contributed by atoms with van der Waals surface area (Å²) in [6, 6.07) is 22.8. The molecule has 0 aliphatic heterocycles. The van der Waals surface area contributed by atoms with Crippen molar-refractivity contribution in [1.29, 1.82) is 0 Å². The van der Waals surface area contributed by atoms with Gasteiger partial charge in [0.05, 0.1) is 0 Å². The SMILES string of the molecule is Cc1ccc(NC(=O)[C@@H](NCCOc2ccccc2F)c2ccccc2)cc1. The quantitative estimate of drug-likeness (QED) is 0.568. The van der Waals surface area contributed by atoms with Crippen LogP contribution in [0.1, 0.15) is 17.2 Å². The van der Waals surface area contributed by atoms with Gasteiger partial charge in [-0.15, -0.1) is 0 Å². The summed E-state index contributed by atoms with van der Waals surface area (Å²) in [5.74, 6) is -0.371. The predicted octanol–water partition coefficient (Wildman–Crippen LogP) is 4.48. The van der Waals surface area contributed by atoms with E-state index in [2.05, 4.69) is 10.6 Å². The fourth-order valence-electron chi connectivity index (χ4n) is 2.78. The summed E-state index contributed by atoms with van der Waals surface area (Å²) in [5, 5.41) is 6.13. The van der Waals surface area contributed by atoms with Gasteiger partial charge in [-0.1, -0.05) is 60.2 Å². The number of rotatable bonds is 8. The van der Waals surface area contributed by atoms with E-state index >= 15 is 0 Å². The van der Waals surface area contributed by atoms with Crippen molar-refractivity contribution in [3.05, 3.63) is 95.8 Å². The highest BCUT2D eigenvalue weighted by molar-refractivity contribution is 5.95. The third kappa shape index (κ3) is 5.41. The van der Waals surface area contributed by atoms with Crippen LogP contribution >= 0.6 is 0 Å². The van der Waals surface area contributed by atoms with Gasteiger partial charge in [-0.05, 0) is 36.8 Å². The van der Waals surface area contributed by atoms with E-state index in [1.807, 2.05) is 61.5 Å². The number of para-hydroxylation sites is 1. The van der Waals surface area contributed by atoms with Gasteiger partial charge in [-0.2, -0.15) is 0 Å². The monoisotopic (exact) mass is 378 g/mol. The largest absolute Gasteiger partial charge is 0.489 e. The van der Waals surface area contributed by atoms with E-state index in [1.165, 1.54) is 6.07 Å². The number of carbonyl (C=O) groups excluding carboxylic acids is 1. The number of halogens is 1. The van der Waals surface area contributed by atoms with Crippen molar-refractivity contribution in [3.8, 4) is 5.75 Å². The molecule has 3 aromatic rings. The molecule has 0 fully saturated rings. The van der Waals surface area contributed by atoms with Gasteiger partial charge in [0.2, 0.25) is 5.91 Å². The molecule has 0 aliphatic rings. The van der Waals surface area contributed by atoms with Crippen LogP contribution in [0, 0.1) is 12.7 Å². The summed E-state index contributed by atoms with van der Waals surface area (Å²) in [6.45, 7) is 2.62. The molecule has 0 saturated heterocycles. The number of hydrogen-bond acceptors (Lipinski definition) is 3. The van der Waals surface area contributed by atoms with Gasteiger partial charge in [0.1, 0.15) is 12.6 Å². The molecule has 3 rings (SSSR count). The number of carbonyl (C=O) groups is 1. The summed E-state index contributed by atoms with van der Waals surface area (Å²) in [7, 11) is 0. The molecule has 5 heteroatoms. The third-order valence-electron chi connectivity index (χ3n) is 4.26. The zero-order valence-electron chi connectivity index (χ0n) is 15.7. The second kappa shape index (κ2) is 9.67. The van der Waals surface area contributed by atoms with Gasteiger partial charge >= 0.3 is 0 Å². The maximum absolute atomic E-state index is 13.6. The van der Waals surface area contributed by atoms with Crippen LogP contribution in [0.15, 0.2) is 78.9 Å². The lowest BCUT2D eigenvalue weighted by molar-refractivity contribution is -0.118. The second-order valence-corrected chi connectivity index (χ2v) is 6.43. The van der Waals surface area contributed by atoms with Gasteiger partial charge in [-0.3, -0.25) is 10.1 Å². The lowest BCUT2D eigenvalue weighted by atomic mass is 10.1. The summed E-state index contributed by atoms with van der Waals surface area (Å²) in [5.41, 5.74) is 2.71. The lowest BCUT2D eigenvalue weighted by Crippen LogP contribution is -2.35. The Hall–Kier alpha value is -3.18. The molecule has 4 nitrogen and oxygen atoms in total. The van der Waals surface area contributed by atoms with Crippen LogP contribution in [0.2, 0.25) is 0 Å². The average Bonchev–Trinajstić information content (AvgIpc) is 2.71. The van der Waals surface area contributed by atoms with E-state index in [0.29, 0.717) is 6.54 Å². The summed E-state index contributed by atoms with van der Waals surface area (Å²) in [4.78, 5) is 12.8. The Morgan fingerprint density at radius 3 is 2.36 bits per heavy atom. The first-order valence-electron chi connectivity index (χ1n) is 9.16. The number of amides is 1. The number of anilines is 1. The second-order valence-electron chi connectivity index (χ2n) is 6.43. The molecule has 0 saturated carbocycles. The molecule has 0 heterocycles. The molecule has 0 aliphatic carbocycles. The Morgan fingerprint density at radius 2 is 1.64 bits per heavy atom. The zero-order chi connectivity index (χ0) is 19.8. The molecule has 0 aromatic heterocycles. The van der Waals surface area contributed by atoms with Gasteiger partial charge in [0.15, 0.2) is 11.6 Å². The van der Waals surface area contributed by atoms with Crippen LogP contribution in [0.3, 0.4) is 0 Å². The maximum Gasteiger partial charge on any atom is 0.246 e. The van der Waals surface area contributed by atoms with Crippen LogP contribution in [0.5, 0.6) is 5.75 Å². The van der Waals surface area contributed by atoms with Crippen molar-refractivity contribution in [2.24, 2.45) is 0 Å². The molecular weight excluding hydrogens is 355 g/mol. The molecule has 1 amide bonds. The van der Waals surface area contributed by atoms with Crippen molar-refractivity contribution in [2.45, 2.75) is 13.0 Å². The highest BCUT2D eigenvalue weighted by atomic mass is 19.1. The van der Waals surface area contributed by atoms with Crippen molar-refractivity contribution < 1.29 is 13.9 Å². The van der Waals surface area contributed by atoms with Crippen LogP contribution in [0.25, 0.3) is 0 Å². The fourth-order valence-corrected chi connectivity index (χ4v) is 2.78. The first-order valence-corrected chi connectivity index (χ1v) is 9.16. The first-order chi connectivity index (χ1) is 13.6. The summed E-state index contributed by atoms with van der Waals surface area (Å²) in [6.07, 6.45) is 0. The van der Waals surface area contributed by atoms with Gasteiger partial charge in [-0.25, -0.2) is 4.39 Å². The average molecular weight is 378 g/mol. The maximum atomic E-state index is 13.6. The van der Waals surface area contributed by atoms with Crippen LogP contribution < -0.4 is 15.4 Å². The van der Waals surface area contributed by atoms with Gasteiger partial charge < -0.3 is 10.1 Å². The predicted molar refractivity (Wildman–Crippen MR) is 109 cm³/mol. The van der Waals surface area contributed by atoms with Crippen molar-refractivity contribution in [2.75, 3.05) is 18.5 Å². The first kappa shape index (κ1) is 19.6. The Balaban J connectivity index is 1.63.